The maximum Gasteiger partial charge on any atom is 0.491 e. The van der Waals surface area contributed by atoms with E-state index in [1.807, 2.05) is 33.8 Å². The quantitative estimate of drug-likeness (QED) is 0.817. The van der Waals surface area contributed by atoms with Crippen molar-refractivity contribution >= 4 is 13.2 Å². The van der Waals surface area contributed by atoms with E-state index in [0.717, 1.165) is 11.0 Å². The highest BCUT2D eigenvalue weighted by Crippen LogP contribution is 2.38. The zero-order valence-electron chi connectivity index (χ0n) is 12.4. The predicted molar refractivity (Wildman–Crippen MR) is 80.2 cm³/mol. The van der Waals surface area contributed by atoms with Crippen molar-refractivity contribution in [2.45, 2.75) is 38.9 Å². The zero-order chi connectivity index (χ0) is 15.0. The van der Waals surface area contributed by atoms with Crippen LogP contribution in [0.2, 0.25) is 0 Å². The summed E-state index contributed by atoms with van der Waals surface area (Å²) in [6.07, 6.45) is 3.53. The van der Waals surface area contributed by atoms with Crippen LogP contribution in [0.25, 0.3) is 6.08 Å². The highest BCUT2D eigenvalue weighted by molar-refractivity contribution is 6.55. The highest BCUT2D eigenvalue weighted by atomic mass is 16.7. The van der Waals surface area contributed by atoms with Crippen molar-refractivity contribution in [1.82, 2.24) is 4.98 Å². The Bertz CT molecular complexity index is 542. The van der Waals surface area contributed by atoms with Crippen LogP contribution in [0, 0.1) is 0 Å². The molecule has 2 heterocycles. The molecular weight excluding hydrogens is 255 g/mol. The molecular formula is C14H21BN2O3. The normalized spacial score (nSPS) is 21.2. The van der Waals surface area contributed by atoms with Gasteiger partial charge in [0, 0.05) is 18.8 Å². The SMILES string of the molecule is CC1(C)OB(C(=Cc2ccc(=O)[nH]c2)CN)OC1(C)C. The second-order valence-corrected chi connectivity index (χ2v) is 6.00. The largest absolute Gasteiger partial charge is 0.491 e. The van der Waals surface area contributed by atoms with E-state index < -0.39 is 18.3 Å². The van der Waals surface area contributed by atoms with Crippen molar-refractivity contribution in [1.29, 1.82) is 0 Å². The van der Waals surface area contributed by atoms with Crippen LogP contribution in [0.3, 0.4) is 0 Å². The summed E-state index contributed by atoms with van der Waals surface area (Å²) in [7, 11) is -0.461. The molecule has 0 aromatic carbocycles. The van der Waals surface area contributed by atoms with Gasteiger partial charge in [0.2, 0.25) is 5.56 Å². The summed E-state index contributed by atoms with van der Waals surface area (Å²) in [5, 5.41) is 0. The van der Waals surface area contributed by atoms with E-state index in [9.17, 15) is 4.79 Å². The lowest BCUT2D eigenvalue weighted by atomic mass is 9.77. The number of nitrogens with two attached hydrogens (primary N) is 1. The molecule has 20 heavy (non-hydrogen) atoms. The van der Waals surface area contributed by atoms with Crippen molar-refractivity contribution in [2.75, 3.05) is 6.54 Å². The van der Waals surface area contributed by atoms with E-state index in [1.165, 1.54) is 6.07 Å². The lowest BCUT2D eigenvalue weighted by molar-refractivity contribution is 0.00578. The molecule has 1 aromatic heterocycles. The van der Waals surface area contributed by atoms with Crippen LogP contribution >= 0.6 is 0 Å². The number of hydrogen-bond donors (Lipinski definition) is 2. The zero-order valence-corrected chi connectivity index (χ0v) is 12.4. The Morgan fingerprint density at radius 1 is 1.30 bits per heavy atom. The van der Waals surface area contributed by atoms with Crippen molar-refractivity contribution < 1.29 is 9.31 Å². The maximum absolute atomic E-state index is 11.1. The molecule has 0 spiro atoms. The van der Waals surface area contributed by atoms with E-state index >= 15 is 0 Å². The summed E-state index contributed by atoms with van der Waals surface area (Å²) < 4.78 is 11.9. The van der Waals surface area contributed by atoms with Gasteiger partial charge in [-0.2, -0.15) is 0 Å². The van der Waals surface area contributed by atoms with E-state index in [1.54, 1.807) is 12.3 Å². The molecule has 0 bridgehead atoms. The van der Waals surface area contributed by atoms with Crippen molar-refractivity contribution in [3.8, 4) is 0 Å². The lowest BCUT2D eigenvalue weighted by Crippen LogP contribution is -2.41. The topological polar surface area (TPSA) is 77.3 Å². The standard InChI is InChI=1S/C14H21BN2O3/c1-13(2)14(3,4)20-15(19-13)11(8-16)7-10-5-6-12(18)17-9-10/h5-7,9H,8,16H2,1-4H3,(H,17,18). The molecule has 0 atom stereocenters. The van der Waals surface area contributed by atoms with Gasteiger partial charge in [0.15, 0.2) is 0 Å². The predicted octanol–water partition coefficient (Wildman–Crippen LogP) is 1.35. The van der Waals surface area contributed by atoms with E-state index in [4.69, 9.17) is 15.0 Å². The number of aromatic nitrogens is 1. The van der Waals surface area contributed by atoms with Crippen LogP contribution in [0.15, 0.2) is 28.6 Å². The Kier molecular flexibility index (Phi) is 3.91. The molecule has 0 amide bonds. The minimum absolute atomic E-state index is 0.132. The average molecular weight is 276 g/mol. The number of aromatic amines is 1. The van der Waals surface area contributed by atoms with Gasteiger partial charge >= 0.3 is 7.12 Å². The first kappa shape index (κ1) is 15.0. The van der Waals surface area contributed by atoms with Crippen LogP contribution in [-0.4, -0.2) is 29.8 Å². The molecule has 1 aliphatic heterocycles. The summed E-state index contributed by atoms with van der Waals surface area (Å²) in [6, 6.07) is 3.21. The van der Waals surface area contributed by atoms with Crippen molar-refractivity contribution in [3.05, 3.63) is 39.7 Å². The Morgan fingerprint density at radius 2 is 1.90 bits per heavy atom. The van der Waals surface area contributed by atoms with Crippen molar-refractivity contribution in [3.63, 3.8) is 0 Å². The molecule has 0 aliphatic carbocycles. The fourth-order valence-electron chi connectivity index (χ4n) is 1.94. The molecule has 1 saturated heterocycles. The monoisotopic (exact) mass is 276 g/mol. The van der Waals surface area contributed by atoms with Gasteiger partial charge in [-0.25, -0.2) is 0 Å². The third kappa shape index (κ3) is 2.87. The molecule has 108 valence electrons. The number of rotatable bonds is 3. The minimum atomic E-state index is -0.461. The first-order valence-corrected chi connectivity index (χ1v) is 6.70. The molecule has 1 aromatic rings. The molecule has 0 radical (unpaired) electrons. The Hall–Kier alpha value is -1.37. The summed E-state index contributed by atoms with van der Waals surface area (Å²) in [6.45, 7) is 8.33. The second-order valence-electron chi connectivity index (χ2n) is 6.00. The molecule has 0 saturated carbocycles. The average Bonchev–Trinajstić information content (AvgIpc) is 2.57. The van der Waals surface area contributed by atoms with Crippen LogP contribution in [0.5, 0.6) is 0 Å². The molecule has 5 nitrogen and oxygen atoms in total. The van der Waals surface area contributed by atoms with Gasteiger partial charge in [0.05, 0.1) is 11.2 Å². The first-order valence-electron chi connectivity index (χ1n) is 6.70. The fraction of sp³-hybridized carbons (Fsp3) is 0.500. The summed E-state index contributed by atoms with van der Waals surface area (Å²) in [5.74, 6) is 0. The van der Waals surface area contributed by atoms with Gasteiger partial charge in [0.1, 0.15) is 0 Å². The second kappa shape index (κ2) is 5.20. The van der Waals surface area contributed by atoms with Crippen LogP contribution in [-0.2, 0) is 9.31 Å². The highest BCUT2D eigenvalue weighted by Gasteiger charge is 2.52. The van der Waals surface area contributed by atoms with Gasteiger partial charge < -0.3 is 20.0 Å². The molecule has 3 N–H and O–H groups in total. The smallest absolute Gasteiger partial charge is 0.400 e. The van der Waals surface area contributed by atoms with Gasteiger partial charge in [0.25, 0.3) is 0 Å². The number of pyridine rings is 1. The third-order valence-corrected chi connectivity index (χ3v) is 3.95. The van der Waals surface area contributed by atoms with Gasteiger partial charge in [-0.3, -0.25) is 4.79 Å². The molecule has 2 rings (SSSR count). The Labute approximate surface area is 119 Å². The fourth-order valence-corrected chi connectivity index (χ4v) is 1.94. The van der Waals surface area contributed by atoms with E-state index in [2.05, 4.69) is 4.98 Å². The minimum Gasteiger partial charge on any atom is -0.400 e. The van der Waals surface area contributed by atoms with Gasteiger partial charge in [-0.05, 0) is 44.8 Å². The summed E-state index contributed by atoms with van der Waals surface area (Å²) in [5.41, 5.74) is 6.60. The maximum atomic E-state index is 11.1. The third-order valence-electron chi connectivity index (χ3n) is 3.95. The van der Waals surface area contributed by atoms with Crippen LogP contribution in [0.1, 0.15) is 33.3 Å². The Balaban J connectivity index is 2.26. The van der Waals surface area contributed by atoms with Gasteiger partial charge in [-0.15, -0.1) is 0 Å². The number of nitrogens with one attached hydrogen (secondary N) is 1. The van der Waals surface area contributed by atoms with Crippen LogP contribution in [0.4, 0.5) is 0 Å². The first-order chi connectivity index (χ1) is 9.25. The number of H-pyrrole nitrogens is 1. The van der Waals surface area contributed by atoms with E-state index in [0.29, 0.717) is 6.54 Å². The number of hydrogen-bond acceptors (Lipinski definition) is 4. The summed E-state index contributed by atoms with van der Waals surface area (Å²) >= 11 is 0. The Morgan fingerprint density at radius 3 is 2.35 bits per heavy atom. The van der Waals surface area contributed by atoms with E-state index in [-0.39, 0.29) is 5.56 Å². The lowest BCUT2D eigenvalue weighted by Gasteiger charge is -2.32. The van der Waals surface area contributed by atoms with Crippen molar-refractivity contribution in [2.24, 2.45) is 5.73 Å². The summed E-state index contributed by atoms with van der Waals surface area (Å²) in [4.78, 5) is 13.7. The molecule has 6 heteroatoms. The van der Waals surface area contributed by atoms with Gasteiger partial charge in [-0.1, -0.05) is 6.08 Å². The van der Waals surface area contributed by atoms with Crippen LogP contribution < -0.4 is 11.3 Å². The molecule has 1 fully saturated rings. The molecule has 0 unspecified atom stereocenters. The molecule has 1 aliphatic rings.